The Labute approximate surface area is 239 Å². The molecule has 260 valence electrons. The molecule has 0 aromatic heterocycles. The van der Waals surface area contributed by atoms with Crippen molar-refractivity contribution in [1.82, 2.24) is 15.1 Å². The Kier molecular flexibility index (Phi) is 13.5. The van der Waals surface area contributed by atoms with Crippen molar-refractivity contribution in [3.05, 3.63) is 0 Å². The lowest BCUT2D eigenvalue weighted by Crippen LogP contribution is -2.72. The fourth-order valence-electron chi connectivity index (χ4n) is 3.88. The molecule has 35 heteroatoms. The third-order valence-corrected chi connectivity index (χ3v) is 20.2. The van der Waals surface area contributed by atoms with E-state index in [2.05, 4.69) is 0 Å². The Balaban J connectivity index is 9.06. The summed E-state index contributed by atoms with van der Waals surface area (Å²) in [6.07, 6.45) is 0. The van der Waals surface area contributed by atoms with Gasteiger partial charge in [-0.1, -0.05) is 13.8 Å². The van der Waals surface area contributed by atoms with Crippen LogP contribution in [0.5, 0.6) is 0 Å². The van der Waals surface area contributed by atoms with Crippen molar-refractivity contribution in [2.45, 2.75) is 35.2 Å². The highest BCUT2D eigenvalue weighted by Crippen LogP contribution is 2.79. The predicted molar refractivity (Wildman–Crippen MR) is 137 cm³/mol. The molecule has 0 saturated heterocycles. The molecular formula is C8H29N3O24P8. The van der Waals surface area contributed by atoms with Crippen molar-refractivity contribution in [3.8, 4) is 0 Å². The highest BCUT2D eigenvalue weighted by atomic mass is 31.3. The number of nitrogens with one attached hydrogen (secondary N) is 1. The topological polar surface area (TPSA) is 479 Å². The third-order valence-electron chi connectivity index (χ3n) is 5.20. The van der Waals surface area contributed by atoms with E-state index in [1.54, 1.807) is 0 Å². The van der Waals surface area contributed by atoms with Crippen LogP contribution in [-0.2, 0) is 36.5 Å². The van der Waals surface area contributed by atoms with Gasteiger partial charge < -0.3 is 78.3 Å². The van der Waals surface area contributed by atoms with E-state index in [1.807, 2.05) is 0 Å². The van der Waals surface area contributed by atoms with Crippen LogP contribution in [0.15, 0.2) is 0 Å². The molecule has 0 unspecified atom stereocenters. The van der Waals surface area contributed by atoms with Gasteiger partial charge in [0, 0.05) is 0 Å². The van der Waals surface area contributed by atoms with E-state index >= 15 is 0 Å². The fourth-order valence-corrected chi connectivity index (χ4v) is 17.2. The fraction of sp³-hybridized carbons (Fsp3) is 1.00. The maximum atomic E-state index is 12.8. The average molecular weight is 799 g/mol. The van der Waals surface area contributed by atoms with E-state index in [0.29, 0.717) is 19.2 Å². The molecule has 0 fully saturated rings. The average Bonchev–Trinajstić information content (AvgIpc) is 2.63. The van der Waals surface area contributed by atoms with Crippen molar-refractivity contribution in [1.29, 1.82) is 0 Å². The molecule has 17 N–H and O–H groups in total. The molecule has 0 aliphatic heterocycles. The molecule has 0 aliphatic carbocycles. The van der Waals surface area contributed by atoms with Crippen molar-refractivity contribution >= 4 is 60.8 Å². The first-order valence-corrected chi connectivity index (χ1v) is 23.3. The van der Waals surface area contributed by atoms with Crippen molar-refractivity contribution in [2.24, 2.45) is 0 Å². The predicted octanol–water partition coefficient (Wildman–Crippen LogP) is -3.57. The summed E-state index contributed by atoms with van der Waals surface area (Å²) in [4.78, 5) is 155. The van der Waals surface area contributed by atoms with Crippen molar-refractivity contribution in [3.63, 3.8) is 0 Å². The Morgan fingerprint density at radius 1 is 0.442 bits per heavy atom. The van der Waals surface area contributed by atoms with Gasteiger partial charge in [-0.2, -0.15) is 0 Å². The summed E-state index contributed by atoms with van der Waals surface area (Å²) in [5.41, 5.74) is -8.25. The van der Waals surface area contributed by atoms with Crippen LogP contribution >= 0.6 is 60.8 Å². The Hall–Kier alpha value is 1.08. The van der Waals surface area contributed by atoms with E-state index in [9.17, 15) is 115 Å². The highest BCUT2D eigenvalue weighted by Gasteiger charge is 2.79. The number of hydrogen-bond acceptors (Lipinski definition) is 11. The lowest BCUT2D eigenvalue weighted by molar-refractivity contribution is 0.0608. The molecule has 0 spiro atoms. The zero-order valence-electron chi connectivity index (χ0n) is 21.0. The summed E-state index contributed by atoms with van der Waals surface area (Å²) >= 11 is 0. The normalized spacial score (nSPS) is 16.1. The van der Waals surface area contributed by atoms with Crippen molar-refractivity contribution in [2.75, 3.05) is 13.1 Å². The van der Waals surface area contributed by atoms with Gasteiger partial charge in [-0.25, -0.2) is 15.1 Å². The summed E-state index contributed by atoms with van der Waals surface area (Å²) in [5, 5.41) is -10.6. The highest BCUT2D eigenvalue weighted by molar-refractivity contribution is 7.75. The lowest BCUT2D eigenvalue weighted by atomic mass is 10.6. The molecule has 0 aromatic rings. The summed E-state index contributed by atoms with van der Waals surface area (Å²) < 4.78 is 99.7. The van der Waals surface area contributed by atoms with Crippen LogP contribution in [0.2, 0.25) is 0 Å². The second-order valence-corrected chi connectivity index (χ2v) is 23.3. The minimum atomic E-state index is -7.43. The van der Waals surface area contributed by atoms with E-state index in [0.717, 1.165) is 0 Å². The maximum Gasteiger partial charge on any atom is 0.373 e. The minimum Gasteiger partial charge on any atom is -0.323 e. The summed E-state index contributed by atoms with van der Waals surface area (Å²) in [7, 11) is -56.4. The van der Waals surface area contributed by atoms with E-state index in [-0.39, 0.29) is 0 Å². The van der Waals surface area contributed by atoms with Crippen LogP contribution in [0.4, 0.5) is 0 Å². The molecule has 0 bridgehead atoms. The molecule has 0 radical (unpaired) electrons. The molecule has 0 atom stereocenters. The van der Waals surface area contributed by atoms with Crippen LogP contribution in [0.25, 0.3) is 0 Å². The first kappa shape index (κ1) is 44.1. The first-order valence-electron chi connectivity index (χ1n) is 10.1. The lowest BCUT2D eigenvalue weighted by Gasteiger charge is -2.53. The van der Waals surface area contributed by atoms with Gasteiger partial charge in [0.25, 0.3) is 10.3 Å². The molecule has 0 amide bonds. The van der Waals surface area contributed by atoms with Crippen LogP contribution in [-0.4, -0.2) is 123 Å². The monoisotopic (exact) mass is 799 g/mol. The smallest absolute Gasteiger partial charge is 0.323 e. The van der Waals surface area contributed by atoms with Gasteiger partial charge >= 0.3 is 60.8 Å². The number of nitrogens with zero attached hydrogens (tertiary/aromatic N) is 2. The van der Waals surface area contributed by atoms with Gasteiger partial charge in [-0.05, 0) is 13.1 Å². The second kappa shape index (κ2) is 13.2. The van der Waals surface area contributed by atoms with Gasteiger partial charge in [0.05, 0.1) is 0 Å². The van der Waals surface area contributed by atoms with Gasteiger partial charge in [0.2, 0.25) is 11.0 Å². The molecule has 43 heavy (non-hydrogen) atoms. The Morgan fingerprint density at radius 3 is 0.698 bits per heavy atom. The maximum absolute atomic E-state index is 12.8. The minimum absolute atomic E-state index is 0.391. The Morgan fingerprint density at radius 2 is 0.605 bits per heavy atom. The molecule has 0 aromatic carbocycles. The van der Waals surface area contributed by atoms with E-state index < -0.39 is 105 Å². The van der Waals surface area contributed by atoms with Crippen LogP contribution in [0, 0.1) is 0 Å². The first-order chi connectivity index (χ1) is 18.3. The molecule has 0 aliphatic rings. The zero-order chi connectivity index (χ0) is 35.4. The van der Waals surface area contributed by atoms with Crippen LogP contribution in [0.3, 0.4) is 0 Å². The molecule has 27 nitrogen and oxygen atoms in total. The van der Waals surface area contributed by atoms with E-state index in [4.69, 9.17) is 0 Å². The van der Waals surface area contributed by atoms with Crippen molar-refractivity contribution < 1.29 is 115 Å². The second-order valence-electron chi connectivity index (χ2n) is 8.19. The van der Waals surface area contributed by atoms with E-state index in [1.165, 1.54) is 0 Å². The van der Waals surface area contributed by atoms with Crippen LogP contribution in [0.1, 0.15) is 13.8 Å². The quantitative estimate of drug-likeness (QED) is 0.0530. The number of hydrogen-bond donors (Lipinski definition) is 17. The largest absolute Gasteiger partial charge is 0.373 e. The summed E-state index contributed by atoms with van der Waals surface area (Å²) in [5.74, 6) is 0. The molecule has 0 heterocycles. The SMILES string of the molecule is CCN(C(P(=O)(O)O)P(=O)(O)O)C(NC(N(CC)C(P(=O)(O)O)P(=O)(O)O)(P(=O)(O)O)P(=O)(O)O)(P(=O)(O)O)P(=O)(O)O. The van der Waals surface area contributed by atoms with Crippen LogP contribution < -0.4 is 5.32 Å². The number of rotatable bonds is 16. The summed E-state index contributed by atoms with van der Waals surface area (Å²) in [6, 6.07) is 0. The summed E-state index contributed by atoms with van der Waals surface area (Å²) in [6.45, 7) is -2.84. The zero-order valence-corrected chi connectivity index (χ0v) is 28.1. The molecule has 0 saturated carbocycles. The van der Waals surface area contributed by atoms with Gasteiger partial charge in [0.15, 0.2) is 0 Å². The standard InChI is InChI=1S/C8H29N3O24P8/c1-3-10(5(36(12,13)14)37(15,16)17)7(40(24,25)26,41(27,28)29)9-8(42(30,31)32,43(33,34)35)11(4-2)6(38(18,19)20)39(21,22)23/h5-6,9H,3-4H2,1-2H3,(H2,12,13,14)(H2,15,16,17)(H2,18,19,20)(H2,21,22,23)(H2,24,25,26)(H2,27,28,29)(H2,30,31,32)(H2,33,34,35). The van der Waals surface area contributed by atoms with Gasteiger partial charge in [-0.3, -0.25) is 36.5 Å². The third kappa shape index (κ3) is 8.76. The van der Waals surface area contributed by atoms with Gasteiger partial charge in [-0.15, -0.1) is 0 Å². The molecule has 0 rings (SSSR count). The Bertz CT molecular complexity index is 1220. The van der Waals surface area contributed by atoms with Gasteiger partial charge in [0.1, 0.15) is 0 Å². The molecular weight excluding hydrogens is 770 g/mol.